The molecule has 2 unspecified atom stereocenters. The molecule has 5 heteroatoms. The van der Waals surface area contributed by atoms with Gasteiger partial charge < -0.3 is 15.0 Å². The molecule has 1 aromatic rings. The van der Waals surface area contributed by atoms with Gasteiger partial charge in [-0.3, -0.25) is 0 Å². The number of carbonyl (C=O) groups excluding carboxylic acids is 1. The molecule has 1 saturated carbocycles. The summed E-state index contributed by atoms with van der Waals surface area (Å²) in [5, 5.41) is 3.14. The number of urea groups is 1. The molecule has 0 aromatic heterocycles. The van der Waals surface area contributed by atoms with Gasteiger partial charge in [-0.15, -0.1) is 0 Å². The molecular formula is C18H23FN2O2. The molecule has 23 heavy (non-hydrogen) atoms. The summed E-state index contributed by atoms with van der Waals surface area (Å²) in [6, 6.07) is 5.48. The lowest BCUT2D eigenvalue weighted by Crippen LogP contribution is -2.45. The second-order valence-electron chi connectivity index (χ2n) is 6.96. The summed E-state index contributed by atoms with van der Waals surface area (Å²) in [5.41, 5.74) is 1.71. The third-order valence-corrected chi connectivity index (χ3v) is 5.24. The van der Waals surface area contributed by atoms with E-state index < -0.39 is 0 Å². The highest BCUT2D eigenvalue weighted by Crippen LogP contribution is 2.34. The minimum atomic E-state index is -0.151. The first kappa shape index (κ1) is 14.9. The van der Waals surface area contributed by atoms with E-state index >= 15 is 0 Å². The Morgan fingerprint density at radius 2 is 2.17 bits per heavy atom. The van der Waals surface area contributed by atoms with Gasteiger partial charge in [0.1, 0.15) is 5.82 Å². The maximum atomic E-state index is 13.8. The molecule has 0 bridgehead atoms. The Balaban J connectivity index is 1.43. The van der Waals surface area contributed by atoms with Crippen LogP contribution < -0.4 is 5.32 Å². The van der Waals surface area contributed by atoms with E-state index in [4.69, 9.17) is 4.74 Å². The first-order chi connectivity index (χ1) is 11.2. The Labute approximate surface area is 136 Å². The number of carbonyl (C=O) groups is 1. The second kappa shape index (κ2) is 6.11. The van der Waals surface area contributed by atoms with Gasteiger partial charge in [0, 0.05) is 25.1 Å². The van der Waals surface area contributed by atoms with Crippen LogP contribution in [0.4, 0.5) is 9.18 Å². The van der Waals surface area contributed by atoms with Gasteiger partial charge in [0.25, 0.3) is 0 Å². The van der Waals surface area contributed by atoms with Gasteiger partial charge in [0.05, 0.1) is 12.6 Å². The van der Waals surface area contributed by atoms with Crippen LogP contribution in [0.3, 0.4) is 0 Å². The molecular weight excluding hydrogens is 295 g/mol. The molecule has 124 valence electrons. The summed E-state index contributed by atoms with van der Waals surface area (Å²) in [7, 11) is 0. The van der Waals surface area contributed by atoms with E-state index in [-0.39, 0.29) is 17.9 Å². The number of nitrogens with zero attached hydrogens (tertiary/aromatic N) is 1. The molecule has 4 rings (SSSR count). The maximum Gasteiger partial charge on any atom is 0.318 e. The molecule has 1 saturated heterocycles. The fraction of sp³-hybridized carbons (Fsp3) is 0.611. The van der Waals surface area contributed by atoms with Gasteiger partial charge in [0.15, 0.2) is 0 Å². The van der Waals surface area contributed by atoms with Gasteiger partial charge in [-0.05, 0) is 49.3 Å². The van der Waals surface area contributed by atoms with Gasteiger partial charge >= 0.3 is 6.03 Å². The first-order valence-electron chi connectivity index (χ1n) is 8.64. The predicted molar refractivity (Wildman–Crippen MR) is 84.6 cm³/mol. The zero-order chi connectivity index (χ0) is 15.8. The van der Waals surface area contributed by atoms with Gasteiger partial charge in [0.2, 0.25) is 0 Å². The minimum Gasteiger partial charge on any atom is -0.381 e. The summed E-state index contributed by atoms with van der Waals surface area (Å²) in [6.45, 7) is 2.34. The summed E-state index contributed by atoms with van der Waals surface area (Å²) in [5.74, 6) is 0.302. The van der Waals surface area contributed by atoms with Crippen molar-refractivity contribution in [2.24, 2.45) is 5.92 Å². The van der Waals surface area contributed by atoms with Crippen LogP contribution >= 0.6 is 0 Å². The zero-order valence-electron chi connectivity index (χ0n) is 13.3. The molecule has 2 fully saturated rings. The number of halogens is 1. The van der Waals surface area contributed by atoms with E-state index in [0.29, 0.717) is 18.4 Å². The van der Waals surface area contributed by atoms with Crippen molar-refractivity contribution in [1.29, 1.82) is 0 Å². The number of amides is 2. The Bertz CT molecular complexity index is 597. The Hall–Kier alpha value is -1.62. The van der Waals surface area contributed by atoms with Crippen molar-refractivity contribution < 1.29 is 13.9 Å². The largest absolute Gasteiger partial charge is 0.381 e. The monoisotopic (exact) mass is 318 g/mol. The van der Waals surface area contributed by atoms with Gasteiger partial charge in [-0.25, -0.2) is 9.18 Å². The number of hydrogen-bond donors (Lipinski definition) is 1. The van der Waals surface area contributed by atoms with Crippen LogP contribution in [0.1, 0.15) is 42.9 Å². The quantitative estimate of drug-likeness (QED) is 0.927. The van der Waals surface area contributed by atoms with Crippen LogP contribution in [0.5, 0.6) is 0 Å². The molecule has 2 atom stereocenters. The third kappa shape index (κ3) is 3.07. The topological polar surface area (TPSA) is 41.6 Å². The van der Waals surface area contributed by atoms with Crippen LogP contribution in [0, 0.1) is 11.7 Å². The standard InChI is InChI=1S/C18H23FN2O2/c19-16-3-1-2-15-14(16)6-7-17(15)20-18(22)21(13-4-5-13)10-12-8-9-23-11-12/h1-3,12-13,17H,4-11H2,(H,20,22). The molecule has 4 nitrogen and oxygen atoms in total. The van der Waals surface area contributed by atoms with E-state index in [1.54, 1.807) is 6.07 Å². The predicted octanol–water partition coefficient (Wildman–Crippen LogP) is 3.02. The molecule has 0 radical (unpaired) electrons. The highest BCUT2D eigenvalue weighted by molar-refractivity contribution is 5.75. The number of fused-ring (bicyclic) bond motifs is 1. The zero-order valence-corrected chi connectivity index (χ0v) is 13.3. The summed E-state index contributed by atoms with van der Waals surface area (Å²) < 4.78 is 19.3. The molecule has 0 spiro atoms. The average Bonchev–Trinajstić information content (AvgIpc) is 3.09. The number of rotatable bonds is 4. The van der Waals surface area contributed by atoms with Crippen molar-refractivity contribution in [2.45, 2.75) is 44.2 Å². The fourth-order valence-corrected chi connectivity index (χ4v) is 3.78. The van der Waals surface area contributed by atoms with E-state index in [1.165, 1.54) is 6.07 Å². The maximum absolute atomic E-state index is 13.8. The SMILES string of the molecule is O=C(NC1CCc2c(F)cccc21)N(CC1CCOC1)C1CC1. The van der Waals surface area contributed by atoms with Crippen LogP contribution in [-0.2, 0) is 11.2 Å². The lowest BCUT2D eigenvalue weighted by atomic mass is 10.1. The third-order valence-electron chi connectivity index (χ3n) is 5.24. The van der Waals surface area contributed by atoms with Crippen LogP contribution in [0.25, 0.3) is 0 Å². The van der Waals surface area contributed by atoms with Gasteiger partial charge in [-0.2, -0.15) is 0 Å². The van der Waals surface area contributed by atoms with Crippen molar-refractivity contribution in [1.82, 2.24) is 10.2 Å². The lowest BCUT2D eigenvalue weighted by molar-refractivity contribution is 0.160. The highest BCUT2D eigenvalue weighted by atomic mass is 19.1. The van der Waals surface area contributed by atoms with E-state index in [9.17, 15) is 9.18 Å². The molecule has 1 aliphatic heterocycles. The highest BCUT2D eigenvalue weighted by Gasteiger charge is 2.36. The summed E-state index contributed by atoms with van der Waals surface area (Å²) in [6.07, 6.45) is 4.71. The lowest BCUT2D eigenvalue weighted by Gasteiger charge is -2.27. The molecule has 2 amide bonds. The van der Waals surface area contributed by atoms with Crippen LogP contribution in [0.2, 0.25) is 0 Å². The Morgan fingerprint density at radius 3 is 2.91 bits per heavy atom. The molecule has 1 heterocycles. The molecule has 1 N–H and O–H groups in total. The number of ether oxygens (including phenoxy) is 1. The Morgan fingerprint density at radius 1 is 1.30 bits per heavy atom. The molecule has 1 aromatic carbocycles. The Kier molecular flexibility index (Phi) is 3.97. The smallest absolute Gasteiger partial charge is 0.318 e. The van der Waals surface area contributed by atoms with Crippen LogP contribution in [-0.4, -0.2) is 36.7 Å². The number of hydrogen-bond acceptors (Lipinski definition) is 2. The minimum absolute atomic E-state index is 0.00140. The molecule has 3 aliphatic rings. The van der Waals surface area contributed by atoms with Crippen molar-refractivity contribution in [3.8, 4) is 0 Å². The average molecular weight is 318 g/mol. The number of nitrogens with one attached hydrogen (secondary N) is 1. The van der Waals surface area contributed by atoms with Crippen molar-refractivity contribution in [2.75, 3.05) is 19.8 Å². The first-order valence-corrected chi connectivity index (χ1v) is 8.64. The van der Waals surface area contributed by atoms with Crippen LogP contribution in [0.15, 0.2) is 18.2 Å². The molecule has 2 aliphatic carbocycles. The normalized spacial score (nSPS) is 26.1. The van der Waals surface area contributed by atoms with Crippen molar-refractivity contribution in [3.05, 3.63) is 35.1 Å². The van der Waals surface area contributed by atoms with Gasteiger partial charge in [-0.1, -0.05) is 12.1 Å². The number of benzene rings is 1. The van der Waals surface area contributed by atoms with Crippen molar-refractivity contribution >= 4 is 6.03 Å². The van der Waals surface area contributed by atoms with E-state index in [2.05, 4.69) is 5.32 Å². The second-order valence-corrected chi connectivity index (χ2v) is 6.96. The van der Waals surface area contributed by atoms with E-state index in [0.717, 1.165) is 56.6 Å². The van der Waals surface area contributed by atoms with E-state index in [1.807, 2.05) is 11.0 Å². The fourth-order valence-electron chi connectivity index (χ4n) is 3.78. The summed E-state index contributed by atoms with van der Waals surface area (Å²) >= 11 is 0. The van der Waals surface area contributed by atoms with Crippen molar-refractivity contribution in [3.63, 3.8) is 0 Å². The summed E-state index contributed by atoms with van der Waals surface area (Å²) in [4.78, 5) is 14.7.